The second-order valence-electron chi connectivity index (χ2n) is 3.06. The van der Waals surface area contributed by atoms with Crippen LogP contribution in [0.4, 0.5) is 0 Å². The van der Waals surface area contributed by atoms with E-state index in [0.717, 1.165) is 11.3 Å². The highest BCUT2D eigenvalue weighted by atomic mass is 79.9. The molecule has 0 aliphatic carbocycles. The van der Waals surface area contributed by atoms with Crippen LogP contribution in [0.2, 0.25) is 0 Å². The lowest BCUT2D eigenvalue weighted by molar-refractivity contribution is 0.473. The van der Waals surface area contributed by atoms with E-state index in [1.165, 1.54) is 0 Å². The summed E-state index contributed by atoms with van der Waals surface area (Å²) in [5.41, 5.74) is 1.08. The molecule has 0 bridgehead atoms. The first-order valence-corrected chi connectivity index (χ1v) is 5.26. The first-order valence-electron chi connectivity index (χ1n) is 4.47. The summed E-state index contributed by atoms with van der Waals surface area (Å²) in [6.07, 6.45) is 3.26. The molecule has 4 heteroatoms. The number of para-hydroxylation sites is 1. The fraction of sp³-hybridized carbons (Fsp3) is 0.0909. The van der Waals surface area contributed by atoms with Crippen LogP contribution in [0.25, 0.3) is 0 Å². The van der Waals surface area contributed by atoms with Crippen molar-refractivity contribution in [2.24, 2.45) is 0 Å². The average Bonchev–Trinajstić information content (AvgIpc) is 2.25. The molecule has 0 spiro atoms. The summed E-state index contributed by atoms with van der Waals surface area (Å²) in [5, 5.41) is 0. The van der Waals surface area contributed by atoms with Crippen molar-refractivity contribution in [3.8, 4) is 11.5 Å². The van der Waals surface area contributed by atoms with Crippen LogP contribution in [-0.4, -0.2) is 9.97 Å². The van der Waals surface area contributed by atoms with E-state index in [0.29, 0.717) is 10.5 Å². The first-order chi connectivity index (χ1) is 7.25. The van der Waals surface area contributed by atoms with Crippen LogP contribution < -0.4 is 4.74 Å². The maximum atomic E-state index is 5.62. The van der Waals surface area contributed by atoms with Gasteiger partial charge in [-0.25, -0.2) is 9.97 Å². The minimum Gasteiger partial charge on any atom is -0.454 e. The molecule has 0 fully saturated rings. The Morgan fingerprint density at radius 2 is 1.80 bits per heavy atom. The number of halogens is 1. The Bertz CT molecular complexity index is 456. The van der Waals surface area contributed by atoms with E-state index in [-0.39, 0.29) is 0 Å². The largest absolute Gasteiger partial charge is 0.454 e. The van der Waals surface area contributed by atoms with Crippen LogP contribution >= 0.6 is 15.9 Å². The summed E-state index contributed by atoms with van der Waals surface area (Å²) in [4.78, 5) is 7.97. The highest BCUT2D eigenvalue weighted by Crippen LogP contribution is 2.23. The van der Waals surface area contributed by atoms with Crippen LogP contribution in [0, 0.1) is 6.92 Å². The monoisotopic (exact) mass is 264 g/mol. The number of nitrogens with zero attached hydrogens (tertiary/aromatic N) is 2. The molecule has 0 radical (unpaired) electrons. The molecule has 0 saturated heterocycles. The quantitative estimate of drug-likeness (QED) is 0.781. The molecular weight excluding hydrogens is 256 g/mol. The van der Waals surface area contributed by atoms with Crippen LogP contribution in [0.3, 0.4) is 0 Å². The van der Waals surface area contributed by atoms with Crippen LogP contribution in [-0.2, 0) is 0 Å². The van der Waals surface area contributed by atoms with Gasteiger partial charge in [0.25, 0.3) is 0 Å². The van der Waals surface area contributed by atoms with Crippen molar-refractivity contribution in [1.82, 2.24) is 9.97 Å². The first kappa shape index (κ1) is 10.1. The van der Waals surface area contributed by atoms with Crippen molar-refractivity contribution < 1.29 is 4.74 Å². The van der Waals surface area contributed by atoms with Crippen molar-refractivity contribution in [3.63, 3.8) is 0 Å². The molecule has 0 unspecified atom stereocenters. The maximum Gasteiger partial charge on any atom is 0.196 e. The molecule has 0 saturated carbocycles. The molecule has 0 N–H and O–H groups in total. The van der Waals surface area contributed by atoms with E-state index in [1.54, 1.807) is 12.4 Å². The molecule has 2 rings (SSSR count). The summed E-state index contributed by atoms with van der Waals surface area (Å²) < 4.78 is 6.17. The number of rotatable bonds is 2. The molecule has 0 amide bonds. The Hall–Kier alpha value is -1.42. The topological polar surface area (TPSA) is 35.0 Å². The van der Waals surface area contributed by atoms with E-state index >= 15 is 0 Å². The third-order valence-electron chi connectivity index (χ3n) is 1.92. The van der Waals surface area contributed by atoms with E-state index < -0.39 is 0 Å². The Balaban J connectivity index is 2.22. The van der Waals surface area contributed by atoms with Gasteiger partial charge in [0.2, 0.25) is 0 Å². The highest BCUT2D eigenvalue weighted by Gasteiger charge is 2.00. The molecule has 0 aliphatic heterocycles. The van der Waals surface area contributed by atoms with Gasteiger partial charge in [-0.3, -0.25) is 0 Å². The van der Waals surface area contributed by atoms with Crippen molar-refractivity contribution in [3.05, 3.63) is 47.0 Å². The number of aromatic nitrogens is 2. The van der Waals surface area contributed by atoms with Gasteiger partial charge in [-0.05, 0) is 34.5 Å². The number of hydrogen-bond acceptors (Lipinski definition) is 3. The van der Waals surface area contributed by atoms with Gasteiger partial charge in [0.1, 0.15) is 5.75 Å². The summed E-state index contributed by atoms with van der Waals surface area (Å²) >= 11 is 3.17. The summed E-state index contributed by atoms with van der Waals surface area (Å²) in [7, 11) is 0. The Kier molecular flexibility index (Phi) is 2.97. The van der Waals surface area contributed by atoms with Gasteiger partial charge in [0.15, 0.2) is 10.5 Å². The summed E-state index contributed by atoms with van der Waals surface area (Å²) in [6, 6.07) is 7.81. The van der Waals surface area contributed by atoms with Gasteiger partial charge < -0.3 is 4.74 Å². The van der Waals surface area contributed by atoms with Crippen molar-refractivity contribution in [2.45, 2.75) is 6.92 Å². The zero-order valence-corrected chi connectivity index (χ0v) is 9.73. The second kappa shape index (κ2) is 4.40. The fourth-order valence-corrected chi connectivity index (χ4v) is 1.36. The molecule has 15 heavy (non-hydrogen) atoms. The second-order valence-corrected chi connectivity index (χ2v) is 3.76. The summed E-state index contributed by atoms with van der Waals surface area (Å²) in [5.74, 6) is 1.45. The van der Waals surface area contributed by atoms with Crippen LogP contribution in [0.1, 0.15) is 5.56 Å². The summed E-state index contributed by atoms with van der Waals surface area (Å²) in [6.45, 7) is 2.00. The van der Waals surface area contributed by atoms with Gasteiger partial charge >= 0.3 is 0 Å². The predicted octanol–water partition coefficient (Wildman–Crippen LogP) is 3.34. The van der Waals surface area contributed by atoms with E-state index in [4.69, 9.17) is 4.74 Å². The third kappa shape index (κ3) is 2.53. The molecule has 76 valence electrons. The van der Waals surface area contributed by atoms with Crippen LogP contribution in [0.15, 0.2) is 41.4 Å². The fourth-order valence-electron chi connectivity index (χ4n) is 1.15. The molecule has 2 aromatic rings. The van der Waals surface area contributed by atoms with Crippen molar-refractivity contribution >= 4 is 15.9 Å². The van der Waals surface area contributed by atoms with Gasteiger partial charge in [-0.15, -0.1) is 0 Å². The number of aryl methyl sites for hydroxylation is 1. The number of hydrogen-bond donors (Lipinski definition) is 0. The Labute approximate surface area is 96.3 Å². The average molecular weight is 265 g/mol. The Morgan fingerprint density at radius 3 is 2.47 bits per heavy atom. The number of benzene rings is 1. The van der Waals surface area contributed by atoms with Crippen LogP contribution in [0.5, 0.6) is 11.5 Å². The van der Waals surface area contributed by atoms with Crippen molar-refractivity contribution in [2.75, 3.05) is 0 Å². The molecule has 1 aromatic heterocycles. The molecule has 3 nitrogen and oxygen atoms in total. The van der Waals surface area contributed by atoms with Gasteiger partial charge in [0.05, 0.1) is 12.4 Å². The minimum absolute atomic E-state index is 0.555. The third-order valence-corrected chi connectivity index (χ3v) is 2.33. The molecule has 0 atom stereocenters. The van der Waals surface area contributed by atoms with E-state index in [1.807, 2.05) is 31.2 Å². The van der Waals surface area contributed by atoms with Gasteiger partial charge in [0, 0.05) is 0 Å². The number of ether oxygens (including phenoxy) is 1. The normalized spacial score (nSPS) is 10.0. The highest BCUT2D eigenvalue weighted by molar-refractivity contribution is 9.10. The van der Waals surface area contributed by atoms with Gasteiger partial charge in [-0.2, -0.15) is 0 Å². The molecule has 0 aliphatic rings. The molecule has 1 heterocycles. The van der Waals surface area contributed by atoms with Crippen molar-refractivity contribution in [1.29, 1.82) is 0 Å². The lowest BCUT2D eigenvalue weighted by Crippen LogP contribution is -1.89. The Morgan fingerprint density at radius 1 is 1.13 bits per heavy atom. The van der Waals surface area contributed by atoms with Gasteiger partial charge in [-0.1, -0.05) is 18.2 Å². The maximum absolute atomic E-state index is 5.62. The lowest BCUT2D eigenvalue weighted by Gasteiger charge is -2.06. The van der Waals surface area contributed by atoms with E-state index in [9.17, 15) is 0 Å². The zero-order chi connectivity index (χ0) is 10.7. The lowest BCUT2D eigenvalue weighted by atomic mass is 10.2. The molecular formula is C11H9BrN2O. The standard InChI is InChI=1S/C11H9BrN2O/c1-8-4-2-3-5-10(8)15-9-6-13-11(12)14-7-9/h2-7H,1H3. The SMILES string of the molecule is Cc1ccccc1Oc1cnc(Br)nc1. The predicted molar refractivity (Wildman–Crippen MR) is 61.0 cm³/mol. The smallest absolute Gasteiger partial charge is 0.196 e. The van der Waals surface area contributed by atoms with E-state index in [2.05, 4.69) is 25.9 Å². The minimum atomic E-state index is 0.555. The molecule has 1 aromatic carbocycles. The zero-order valence-electron chi connectivity index (χ0n) is 8.14.